The molecule has 5 nitrogen and oxygen atoms in total. The van der Waals surface area contributed by atoms with Crippen molar-refractivity contribution in [1.29, 1.82) is 0 Å². The average Bonchev–Trinajstić information content (AvgIpc) is 2.98. The second-order valence-corrected chi connectivity index (χ2v) is 6.81. The number of benzene rings is 2. The number of aryl methyl sites for hydroxylation is 2. The molecule has 0 aliphatic carbocycles. The van der Waals surface area contributed by atoms with Gasteiger partial charge in [0, 0.05) is 22.7 Å². The van der Waals surface area contributed by atoms with Crippen LogP contribution in [0.2, 0.25) is 0 Å². The lowest BCUT2D eigenvalue weighted by atomic mass is 10.1. The van der Waals surface area contributed by atoms with Gasteiger partial charge in [0.05, 0.1) is 12.1 Å². The Morgan fingerprint density at radius 1 is 1.16 bits per heavy atom. The minimum Gasteiger partial charge on any atom is -0.508 e. The van der Waals surface area contributed by atoms with E-state index in [1.807, 2.05) is 32.0 Å². The Morgan fingerprint density at radius 2 is 1.96 bits per heavy atom. The van der Waals surface area contributed by atoms with Crippen LogP contribution in [0.5, 0.6) is 11.5 Å². The zero-order valence-electron chi connectivity index (χ0n) is 13.9. The summed E-state index contributed by atoms with van der Waals surface area (Å²) in [5.74, 6) is -0.191. The highest BCUT2D eigenvalue weighted by atomic mass is 32.1. The minimum atomic E-state index is -0.136. The SMILES string of the molecule is Cc1ccc(NC(=O)Cc2nc(-c3ccc(O)cc3O)cs2)c(C)c1. The normalized spacial score (nSPS) is 10.6. The van der Waals surface area contributed by atoms with E-state index in [2.05, 4.69) is 10.3 Å². The summed E-state index contributed by atoms with van der Waals surface area (Å²) in [5, 5.41) is 24.6. The van der Waals surface area contributed by atoms with Crippen molar-refractivity contribution in [3.63, 3.8) is 0 Å². The molecule has 3 N–H and O–H groups in total. The molecule has 0 saturated carbocycles. The highest BCUT2D eigenvalue weighted by Gasteiger charge is 2.13. The van der Waals surface area contributed by atoms with Crippen LogP contribution in [0.3, 0.4) is 0 Å². The first-order valence-electron chi connectivity index (χ1n) is 7.76. The summed E-state index contributed by atoms with van der Waals surface area (Å²) in [4.78, 5) is 16.7. The fourth-order valence-electron chi connectivity index (χ4n) is 2.54. The Hall–Kier alpha value is -2.86. The average molecular weight is 354 g/mol. The summed E-state index contributed by atoms with van der Waals surface area (Å²) in [7, 11) is 0. The van der Waals surface area contributed by atoms with Crippen molar-refractivity contribution in [2.24, 2.45) is 0 Å². The fraction of sp³-hybridized carbons (Fsp3) is 0.158. The lowest BCUT2D eigenvalue weighted by Gasteiger charge is -2.08. The van der Waals surface area contributed by atoms with E-state index in [0.29, 0.717) is 16.3 Å². The van der Waals surface area contributed by atoms with E-state index in [1.165, 1.54) is 23.5 Å². The van der Waals surface area contributed by atoms with Crippen LogP contribution in [-0.4, -0.2) is 21.1 Å². The molecule has 0 saturated heterocycles. The first kappa shape index (κ1) is 17.0. The number of aromatic hydroxyl groups is 2. The largest absolute Gasteiger partial charge is 0.508 e. The van der Waals surface area contributed by atoms with Gasteiger partial charge >= 0.3 is 0 Å². The predicted octanol–water partition coefficient (Wildman–Crippen LogP) is 4.02. The highest BCUT2D eigenvalue weighted by Crippen LogP contribution is 2.32. The molecule has 3 aromatic rings. The Labute approximate surface area is 149 Å². The van der Waals surface area contributed by atoms with Gasteiger partial charge in [-0.2, -0.15) is 0 Å². The van der Waals surface area contributed by atoms with Gasteiger partial charge in [-0.15, -0.1) is 11.3 Å². The topological polar surface area (TPSA) is 82.5 Å². The Kier molecular flexibility index (Phi) is 4.72. The molecule has 2 aromatic carbocycles. The van der Waals surface area contributed by atoms with E-state index < -0.39 is 0 Å². The zero-order valence-corrected chi connectivity index (χ0v) is 14.7. The number of amides is 1. The number of anilines is 1. The number of thiazole rings is 1. The molecule has 1 amide bonds. The Morgan fingerprint density at radius 3 is 2.68 bits per heavy atom. The third kappa shape index (κ3) is 3.97. The molecule has 0 bridgehead atoms. The summed E-state index contributed by atoms with van der Waals surface area (Å²) >= 11 is 1.36. The maximum absolute atomic E-state index is 12.2. The van der Waals surface area contributed by atoms with Gasteiger partial charge in [0.25, 0.3) is 0 Å². The van der Waals surface area contributed by atoms with Gasteiger partial charge in [-0.1, -0.05) is 17.7 Å². The van der Waals surface area contributed by atoms with Crippen LogP contribution in [-0.2, 0) is 11.2 Å². The van der Waals surface area contributed by atoms with E-state index in [1.54, 1.807) is 11.4 Å². The number of phenols is 2. The molecule has 1 heterocycles. The smallest absolute Gasteiger partial charge is 0.231 e. The van der Waals surface area contributed by atoms with Crippen molar-refractivity contribution < 1.29 is 15.0 Å². The number of hydrogen-bond donors (Lipinski definition) is 3. The van der Waals surface area contributed by atoms with Gasteiger partial charge in [-0.05, 0) is 37.6 Å². The second kappa shape index (κ2) is 6.94. The van der Waals surface area contributed by atoms with E-state index in [9.17, 15) is 15.0 Å². The number of carbonyl (C=O) groups excluding carboxylic acids is 1. The molecule has 0 fully saturated rings. The molecular formula is C19H18N2O3S. The maximum atomic E-state index is 12.2. The van der Waals surface area contributed by atoms with Crippen LogP contribution in [0.1, 0.15) is 16.1 Å². The number of rotatable bonds is 4. The Bertz CT molecular complexity index is 934. The van der Waals surface area contributed by atoms with Gasteiger partial charge in [0.1, 0.15) is 16.5 Å². The molecule has 6 heteroatoms. The molecular weight excluding hydrogens is 336 g/mol. The number of aromatic nitrogens is 1. The number of carbonyl (C=O) groups is 1. The molecule has 0 aliphatic heterocycles. The summed E-state index contributed by atoms with van der Waals surface area (Å²) in [6, 6.07) is 10.2. The van der Waals surface area contributed by atoms with Crippen molar-refractivity contribution >= 4 is 22.9 Å². The standard InChI is InChI=1S/C19H18N2O3S/c1-11-3-6-15(12(2)7-11)20-18(24)9-19-21-16(10-25-19)14-5-4-13(22)8-17(14)23/h3-8,10,22-23H,9H2,1-2H3,(H,20,24). The van der Waals surface area contributed by atoms with Gasteiger partial charge in [0.2, 0.25) is 5.91 Å². The van der Waals surface area contributed by atoms with Gasteiger partial charge in [-0.3, -0.25) is 4.79 Å². The number of nitrogens with zero attached hydrogens (tertiary/aromatic N) is 1. The van der Waals surface area contributed by atoms with Crippen LogP contribution in [0.4, 0.5) is 5.69 Å². The molecule has 25 heavy (non-hydrogen) atoms. The number of hydrogen-bond acceptors (Lipinski definition) is 5. The lowest BCUT2D eigenvalue weighted by Crippen LogP contribution is -2.15. The Balaban J connectivity index is 1.71. The van der Waals surface area contributed by atoms with E-state index in [4.69, 9.17) is 0 Å². The highest BCUT2D eigenvalue weighted by molar-refractivity contribution is 7.10. The molecule has 0 atom stereocenters. The second-order valence-electron chi connectivity index (χ2n) is 5.87. The van der Waals surface area contributed by atoms with Crippen LogP contribution < -0.4 is 5.32 Å². The molecule has 3 rings (SSSR count). The summed E-state index contributed by atoms with van der Waals surface area (Å²) < 4.78 is 0. The first-order valence-corrected chi connectivity index (χ1v) is 8.64. The van der Waals surface area contributed by atoms with Gasteiger partial charge < -0.3 is 15.5 Å². The zero-order chi connectivity index (χ0) is 18.0. The third-order valence-corrected chi connectivity index (χ3v) is 4.63. The molecule has 0 aliphatic rings. The fourth-order valence-corrected chi connectivity index (χ4v) is 3.33. The summed E-state index contributed by atoms with van der Waals surface area (Å²) in [5.41, 5.74) is 4.06. The number of phenolic OH excluding ortho intramolecular Hbond substituents is 2. The van der Waals surface area contributed by atoms with Crippen LogP contribution in [0.15, 0.2) is 41.8 Å². The molecule has 0 spiro atoms. The van der Waals surface area contributed by atoms with E-state index in [-0.39, 0.29) is 23.8 Å². The molecule has 1 aromatic heterocycles. The summed E-state index contributed by atoms with van der Waals surface area (Å²) in [6.07, 6.45) is 0.164. The van der Waals surface area contributed by atoms with E-state index in [0.717, 1.165) is 16.8 Å². The molecule has 0 unspecified atom stereocenters. The van der Waals surface area contributed by atoms with Crippen molar-refractivity contribution in [3.05, 3.63) is 57.9 Å². The predicted molar refractivity (Wildman–Crippen MR) is 99.1 cm³/mol. The lowest BCUT2D eigenvalue weighted by molar-refractivity contribution is -0.115. The van der Waals surface area contributed by atoms with Crippen molar-refractivity contribution in [2.45, 2.75) is 20.3 Å². The van der Waals surface area contributed by atoms with Crippen LogP contribution in [0.25, 0.3) is 11.3 Å². The number of nitrogens with one attached hydrogen (secondary N) is 1. The summed E-state index contributed by atoms with van der Waals surface area (Å²) in [6.45, 7) is 3.96. The van der Waals surface area contributed by atoms with Crippen molar-refractivity contribution in [1.82, 2.24) is 4.98 Å². The minimum absolute atomic E-state index is 0.00968. The van der Waals surface area contributed by atoms with Crippen molar-refractivity contribution in [2.75, 3.05) is 5.32 Å². The molecule has 0 radical (unpaired) electrons. The first-order chi connectivity index (χ1) is 11.9. The van der Waals surface area contributed by atoms with E-state index >= 15 is 0 Å². The quantitative estimate of drug-likeness (QED) is 0.661. The van der Waals surface area contributed by atoms with Gasteiger partial charge in [-0.25, -0.2) is 4.98 Å². The van der Waals surface area contributed by atoms with Gasteiger partial charge in [0.15, 0.2) is 0 Å². The van der Waals surface area contributed by atoms with Crippen LogP contribution >= 0.6 is 11.3 Å². The monoisotopic (exact) mass is 354 g/mol. The van der Waals surface area contributed by atoms with Crippen molar-refractivity contribution in [3.8, 4) is 22.8 Å². The molecule has 128 valence electrons. The third-order valence-electron chi connectivity index (χ3n) is 3.78. The van der Waals surface area contributed by atoms with Crippen LogP contribution in [0, 0.1) is 13.8 Å². The maximum Gasteiger partial charge on any atom is 0.231 e.